The maximum Gasteiger partial charge on any atom is 0.221 e. The fourth-order valence-electron chi connectivity index (χ4n) is 1.54. The Morgan fingerprint density at radius 2 is 2.22 bits per heavy atom. The molecule has 100 valence electrons. The zero-order valence-corrected chi connectivity index (χ0v) is 11.9. The van der Waals surface area contributed by atoms with E-state index in [1.54, 1.807) is 7.11 Å². The van der Waals surface area contributed by atoms with E-state index in [2.05, 4.69) is 16.9 Å². The zero-order valence-electron chi connectivity index (χ0n) is 11.1. The quantitative estimate of drug-likeness (QED) is 0.747. The largest absolute Gasteiger partial charge is 0.494 e. The van der Waals surface area contributed by atoms with Crippen LogP contribution >= 0.6 is 11.8 Å². The highest BCUT2D eigenvalue weighted by Crippen LogP contribution is 2.27. The van der Waals surface area contributed by atoms with Crippen LogP contribution in [-0.2, 0) is 4.79 Å². The highest BCUT2D eigenvalue weighted by Gasteiger charge is 2.05. The van der Waals surface area contributed by atoms with Gasteiger partial charge in [0.25, 0.3) is 0 Å². The number of thioether (sulfide) groups is 1. The van der Waals surface area contributed by atoms with Gasteiger partial charge in [-0.2, -0.15) is 11.8 Å². The predicted octanol–water partition coefficient (Wildman–Crippen LogP) is 2.82. The first kappa shape index (κ1) is 14.7. The summed E-state index contributed by atoms with van der Waals surface area (Å²) in [7, 11) is 1.60. The SMILES string of the molecule is COc1cc(NCCCSC)ccc1NC(C)=O. The first-order valence-corrected chi connectivity index (χ1v) is 7.25. The molecule has 1 aromatic carbocycles. The van der Waals surface area contributed by atoms with E-state index in [1.807, 2.05) is 30.0 Å². The fraction of sp³-hybridized carbons (Fsp3) is 0.462. The lowest BCUT2D eigenvalue weighted by atomic mass is 10.2. The van der Waals surface area contributed by atoms with Crippen LogP contribution in [-0.4, -0.2) is 31.6 Å². The summed E-state index contributed by atoms with van der Waals surface area (Å²) in [5, 5.41) is 6.06. The molecule has 5 heteroatoms. The van der Waals surface area contributed by atoms with Gasteiger partial charge >= 0.3 is 0 Å². The van der Waals surface area contributed by atoms with Crippen LogP contribution in [0.2, 0.25) is 0 Å². The van der Waals surface area contributed by atoms with Crippen molar-refractivity contribution in [3.8, 4) is 5.75 Å². The number of amides is 1. The Hall–Kier alpha value is -1.36. The molecule has 0 spiro atoms. The van der Waals surface area contributed by atoms with Gasteiger partial charge in [-0.05, 0) is 30.6 Å². The number of benzene rings is 1. The van der Waals surface area contributed by atoms with Crippen molar-refractivity contribution in [2.45, 2.75) is 13.3 Å². The van der Waals surface area contributed by atoms with Crippen molar-refractivity contribution in [1.29, 1.82) is 0 Å². The van der Waals surface area contributed by atoms with Crippen LogP contribution in [0.4, 0.5) is 11.4 Å². The molecule has 0 saturated carbocycles. The molecule has 0 atom stereocenters. The van der Waals surface area contributed by atoms with Crippen molar-refractivity contribution in [2.24, 2.45) is 0 Å². The van der Waals surface area contributed by atoms with Crippen LogP contribution in [0, 0.1) is 0 Å². The topological polar surface area (TPSA) is 50.4 Å². The summed E-state index contributed by atoms with van der Waals surface area (Å²) in [4.78, 5) is 11.0. The van der Waals surface area contributed by atoms with Gasteiger partial charge in [0.1, 0.15) is 5.75 Å². The molecule has 0 aliphatic carbocycles. The van der Waals surface area contributed by atoms with Gasteiger partial charge in [0.05, 0.1) is 12.8 Å². The van der Waals surface area contributed by atoms with E-state index in [1.165, 1.54) is 6.92 Å². The van der Waals surface area contributed by atoms with E-state index in [9.17, 15) is 4.79 Å². The molecule has 0 saturated heterocycles. The molecule has 0 aromatic heterocycles. The number of carbonyl (C=O) groups excluding carboxylic acids is 1. The zero-order chi connectivity index (χ0) is 13.4. The predicted molar refractivity (Wildman–Crippen MR) is 78.8 cm³/mol. The second kappa shape index (κ2) is 7.87. The molecule has 0 bridgehead atoms. The number of hydrogen-bond acceptors (Lipinski definition) is 4. The second-order valence-electron chi connectivity index (χ2n) is 3.87. The molecule has 0 fully saturated rings. The Balaban J connectivity index is 2.63. The molecule has 4 nitrogen and oxygen atoms in total. The molecule has 1 rings (SSSR count). The Kier molecular flexibility index (Phi) is 6.43. The average molecular weight is 268 g/mol. The molecule has 0 radical (unpaired) electrons. The minimum absolute atomic E-state index is 0.103. The lowest BCUT2D eigenvalue weighted by molar-refractivity contribution is -0.114. The number of hydrogen-bond donors (Lipinski definition) is 2. The van der Waals surface area contributed by atoms with Crippen molar-refractivity contribution in [3.63, 3.8) is 0 Å². The monoisotopic (exact) mass is 268 g/mol. The summed E-state index contributed by atoms with van der Waals surface area (Å²) >= 11 is 1.84. The molecule has 2 N–H and O–H groups in total. The van der Waals surface area contributed by atoms with Gasteiger partial charge in [-0.3, -0.25) is 4.79 Å². The van der Waals surface area contributed by atoms with Crippen molar-refractivity contribution in [2.75, 3.05) is 36.3 Å². The number of methoxy groups -OCH3 is 1. The Morgan fingerprint density at radius 3 is 2.83 bits per heavy atom. The summed E-state index contributed by atoms with van der Waals surface area (Å²) in [6, 6.07) is 5.67. The third-order valence-corrected chi connectivity index (χ3v) is 3.06. The smallest absolute Gasteiger partial charge is 0.221 e. The van der Waals surface area contributed by atoms with Gasteiger partial charge in [0, 0.05) is 25.2 Å². The van der Waals surface area contributed by atoms with Crippen LogP contribution < -0.4 is 15.4 Å². The van der Waals surface area contributed by atoms with E-state index in [0.717, 1.165) is 24.4 Å². The standard InChI is InChI=1S/C13H20N2O2S/c1-10(16)15-12-6-5-11(9-13(12)17-2)14-7-4-8-18-3/h5-6,9,14H,4,7-8H2,1-3H3,(H,15,16). The lowest BCUT2D eigenvalue weighted by Gasteiger charge is -2.12. The van der Waals surface area contributed by atoms with E-state index in [0.29, 0.717) is 11.4 Å². The van der Waals surface area contributed by atoms with Crippen LogP contribution in [0.5, 0.6) is 5.75 Å². The van der Waals surface area contributed by atoms with Gasteiger partial charge in [-0.25, -0.2) is 0 Å². The van der Waals surface area contributed by atoms with Gasteiger partial charge in [0.2, 0.25) is 5.91 Å². The summed E-state index contributed by atoms with van der Waals surface area (Å²) in [6.07, 6.45) is 3.22. The molecular weight excluding hydrogens is 248 g/mol. The third kappa shape index (κ3) is 4.87. The highest BCUT2D eigenvalue weighted by molar-refractivity contribution is 7.98. The van der Waals surface area contributed by atoms with Crippen molar-refractivity contribution in [1.82, 2.24) is 0 Å². The van der Waals surface area contributed by atoms with E-state index < -0.39 is 0 Å². The summed E-state index contributed by atoms with van der Waals surface area (Å²) in [5.74, 6) is 1.71. The maximum atomic E-state index is 11.0. The number of anilines is 2. The number of ether oxygens (including phenoxy) is 1. The molecule has 18 heavy (non-hydrogen) atoms. The van der Waals surface area contributed by atoms with Gasteiger partial charge in [-0.1, -0.05) is 0 Å². The minimum atomic E-state index is -0.103. The number of nitrogens with one attached hydrogen (secondary N) is 2. The number of rotatable bonds is 7. The van der Waals surface area contributed by atoms with Crippen LogP contribution in [0.25, 0.3) is 0 Å². The molecular formula is C13H20N2O2S. The first-order valence-electron chi connectivity index (χ1n) is 5.86. The molecule has 1 amide bonds. The minimum Gasteiger partial charge on any atom is -0.494 e. The third-order valence-electron chi connectivity index (χ3n) is 2.37. The molecule has 0 aliphatic heterocycles. The normalized spacial score (nSPS) is 9.94. The van der Waals surface area contributed by atoms with Crippen molar-refractivity contribution < 1.29 is 9.53 Å². The Labute approximate surface area is 112 Å². The summed E-state index contributed by atoms with van der Waals surface area (Å²) in [6.45, 7) is 2.41. The fourth-order valence-corrected chi connectivity index (χ4v) is 1.98. The Morgan fingerprint density at radius 1 is 1.44 bits per heavy atom. The summed E-state index contributed by atoms with van der Waals surface area (Å²) in [5.41, 5.74) is 1.70. The van der Waals surface area contributed by atoms with E-state index >= 15 is 0 Å². The molecule has 0 heterocycles. The maximum absolute atomic E-state index is 11.0. The van der Waals surface area contributed by atoms with Crippen LogP contribution in [0.3, 0.4) is 0 Å². The van der Waals surface area contributed by atoms with E-state index in [4.69, 9.17) is 4.74 Å². The second-order valence-corrected chi connectivity index (χ2v) is 4.85. The van der Waals surface area contributed by atoms with Gasteiger partial charge < -0.3 is 15.4 Å². The van der Waals surface area contributed by atoms with Crippen LogP contribution in [0.1, 0.15) is 13.3 Å². The number of carbonyl (C=O) groups is 1. The summed E-state index contributed by atoms with van der Waals surface area (Å²) < 4.78 is 5.26. The van der Waals surface area contributed by atoms with Crippen molar-refractivity contribution >= 4 is 29.0 Å². The van der Waals surface area contributed by atoms with Crippen molar-refractivity contribution in [3.05, 3.63) is 18.2 Å². The van der Waals surface area contributed by atoms with E-state index in [-0.39, 0.29) is 5.91 Å². The lowest BCUT2D eigenvalue weighted by Crippen LogP contribution is -2.08. The molecule has 0 aliphatic rings. The molecule has 0 unspecified atom stereocenters. The average Bonchev–Trinajstić information content (AvgIpc) is 2.35. The highest BCUT2D eigenvalue weighted by atomic mass is 32.2. The molecule has 1 aromatic rings. The Bertz CT molecular complexity index is 397. The van der Waals surface area contributed by atoms with Gasteiger partial charge in [-0.15, -0.1) is 0 Å². The van der Waals surface area contributed by atoms with Gasteiger partial charge in [0.15, 0.2) is 0 Å². The van der Waals surface area contributed by atoms with Crippen LogP contribution in [0.15, 0.2) is 18.2 Å². The first-order chi connectivity index (χ1) is 8.67.